The molecule has 2 heterocycles. The van der Waals surface area contributed by atoms with Gasteiger partial charge >= 0.3 is 0 Å². The first kappa shape index (κ1) is 15.1. The second-order valence-electron chi connectivity index (χ2n) is 6.46. The van der Waals surface area contributed by atoms with E-state index in [9.17, 15) is 14.9 Å². The summed E-state index contributed by atoms with van der Waals surface area (Å²) in [6.07, 6.45) is 2.75. The minimum absolute atomic E-state index is 0.0437. The van der Waals surface area contributed by atoms with Crippen molar-refractivity contribution in [3.05, 3.63) is 55.9 Å². The number of nitrogens with one attached hydrogen (secondary N) is 2. The van der Waals surface area contributed by atoms with Crippen molar-refractivity contribution in [2.45, 2.75) is 32.4 Å². The molecule has 2 aliphatic rings. The maximum atomic E-state index is 12.6. The van der Waals surface area contributed by atoms with Crippen LogP contribution in [0.2, 0.25) is 0 Å². The number of thiophene rings is 1. The van der Waals surface area contributed by atoms with Crippen LogP contribution >= 0.6 is 11.3 Å². The van der Waals surface area contributed by atoms with Gasteiger partial charge in [0, 0.05) is 17.0 Å². The van der Waals surface area contributed by atoms with Gasteiger partial charge < -0.3 is 10.6 Å². The van der Waals surface area contributed by atoms with Crippen molar-refractivity contribution >= 4 is 27.9 Å². The topological polar surface area (TPSA) is 84.3 Å². The summed E-state index contributed by atoms with van der Waals surface area (Å²) in [6, 6.07) is 6.27. The molecular formula is C17H17N3O3S. The summed E-state index contributed by atoms with van der Waals surface area (Å²) in [6.45, 7) is 2.24. The zero-order chi connectivity index (χ0) is 16.8. The Kier molecular flexibility index (Phi) is 3.53. The Hall–Kier alpha value is -2.41. The molecule has 0 fully saturated rings. The average Bonchev–Trinajstić information content (AvgIpc) is 2.92. The molecule has 1 amide bonds. The predicted octanol–water partition coefficient (Wildman–Crippen LogP) is 3.64. The van der Waals surface area contributed by atoms with Gasteiger partial charge in [-0.3, -0.25) is 14.9 Å². The van der Waals surface area contributed by atoms with Crippen LogP contribution in [-0.4, -0.2) is 10.8 Å². The number of nitrogens with zero attached hydrogens (tertiary/aromatic N) is 1. The highest BCUT2D eigenvalue weighted by Crippen LogP contribution is 2.42. The van der Waals surface area contributed by atoms with Gasteiger partial charge in [-0.1, -0.05) is 6.92 Å². The van der Waals surface area contributed by atoms with Crippen molar-refractivity contribution in [1.29, 1.82) is 0 Å². The Bertz CT molecular complexity index is 828. The van der Waals surface area contributed by atoms with Crippen molar-refractivity contribution in [2.24, 2.45) is 5.92 Å². The van der Waals surface area contributed by atoms with E-state index in [2.05, 4.69) is 17.6 Å². The Morgan fingerprint density at radius 2 is 2.00 bits per heavy atom. The third kappa shape index (κ3) is 2.45. The quantitative estimate of drug-likeness (QED) is 0.644. The first-order valence-electron chi connectivity index (χ1n) is 7.99. The lowest BCUT2D eigenvalue weighted by Crippen LogP contribution is -2.38. The van der Waals surface area contributed by atoms with Gasteiger partial charge in [0.05, 0.1) is 10.5 Å². The molecule has 0 bridgehead atoms. The predicted molar refractivity (Wildman–Crippen MR) is 92.4 cm³/mol. The van der Waals surface area contributed by atoms with E-state index in [4.69, 9.17) is 0 Å². The molecule has 1 aromatic heterocycles. The third-order valence-corrected chi connectivity index (χ3v) is 5.91. The molecule has 0 spiro atoms. The number of rotatable bonds is 2. The lowest BCUT2D eigenvalue weighted by Gasteiger charge is -2.27. The first-order valence-corrected chi connectivity index (χ1v) is 8.81. The highest BCUT2D eigenvalue weighted by atomic mass is 32.1. The van der Waals surface area contributed by atoms with Gasteiger partial charge in [0.15, 0.2) is 0 Å². The highest BCUT2D eigenvalue weighted by Gasteiger charge is 2.33. The lowest BCUT2D eigenvalue weighted by molar-refractivity contribution is -0.384. The Morgan fingerprint density at radius 1 is 1.25 bits per heavy atom. The number of hydrogen-bond donors (Lipinski definition) is 2. The van der Waals surface area contributed by atoms with E-state index < -0.39 is 4.92 Å². The highest BCUT2D eigenvalue weighted by molar-refractivity contribution is 7.16. The fourth-order valence-corrected chi connectivity index (χ4v) is 4.85. The minimum atomic E-state index is -0.427. The van der Waals surface area contributed by atoms with Crippen LogP contribution in [0.4, 0.5) is 10.7 Å². The summed E-state index contributed by atoms with van der Waals surface area (Å²) in [5.41, 5.74) is 2.84. The van der Waals surface area contributed by atoms with Gasteiger partial charge in [0.25, 0.3) is 11.6 Å². The van der Waals surface area contributed by atoms with E-state index in [1.54, 1.807) is 23.5 Å². The van der Waals surface area contributed by atoms with Gasteiger partial charge in [-0.2, -0.15) is 0 Å². The van der Waals surface area contributed by atoms with Gasteiger partial charge in [0.1, 0.15) is 11.2 Å². The summed E-state index contributed by atoms with van der Waals surface area (Å²) < 4.78 is 0. The number of amides is 1. The summed E-state index contributed by atoms with van der Waals surface area (Å²) in [5, 5.41) is 18.0. The number of hydrogen-bond acceptors (Lipinski definition) is 5. The molecule has 2 N–H and O–H groups in total. The number of nitro groups is 1. The number of fused-ring (bicyclic) bond motifs is 3. The SMILES string of the molecule is C[C@H]1CCc2c(sc3c2C(=O)N[C@@H](c2ccc([N+](=O)[O-])cc2)N3)C1. The smallest absolute Gasteiger partial charge is 0.269 e. The summed E-state index contributed by atoms with van der Waals surface area (Å²) in [4.78, 5) is 24.3. The number of carbonyl (C=O) groups is 1. The van der Waals surface area contributed by atoms with Crippen molar-refractivity contribution in [1.82, 2.24) is 5.32 Å². The van der Waals surface area contributed by atoms with Crippen LogP contribution in [0.5, 0.6) is 0 Å². The maximum absolute atomic E-state index is 12.6. The van der Waals surface area contributed by atoms with Crippen LogP contribution in [0, 0.1) is 16.0 Å². The number of benzene rings is 1. The largest absolute Gasteiger partial charge is 0.353 e. The van der Waals surface area contributed by atoms with Crippen LogP contribution in [0.25, 0.3) is 0 Å². The van der Waals surface area contributed by atoms with Crippen LogP contribution < -0.4 is 10.6 Å². The Morgan fingerprint density at radius 3 is 2.71 bits per heavy atom. The Labute approximate surface area is 143 Å². The molecule has 1 aromatic carbocycles. The van der Waals surface area contributed by atoms with Gasteiger partial charge in [-0.25, -0.2) is 0 Å². The molecule has 124 valence electrons. The van der Waals surface area contributed by atoms with E-state index >= 15 is 0 Å². The van der Waals surface area contributed by atoms with E-state index in [1.807, 2.05) is 0 Å². The molecule has 7 heteroatoms. The van der Waals surface area contributed by atoms with E-state index in [0.717, 1.165) is 35.4 Å². The number of non-ortho nitro benzene ring substituents is 1. The lowest BCUT2D eigenvalue weighted by atomic mass is 9.88. The molecule has 24 heavy (non-hydrogen) atoms. The average molecular weight is 343 g/mol. The van der Waals surface area contributed by atoms with E-state index in [1.165, 1.54) is 22.6 Å². The molecule has 1 aliphatic heterocycles. The summed E-state index contributed by atoms with van der Waals surface area (Å²) >= 11 is 1.67. The van der Waals surface area contributed by atoms with Gasteiger partial charge in [0.2, 0.25) is 0 Å². The monoisotopic (exact) mass is 343 g/mol. The first-order chi connectivity index (χ1) is 11.5. The van der Waals surface area contributed by atoms with E-state index in [0.29, 0.717) is 5.92 Å². The maximum Gasteiger partial charge on any atom is 0.269 e. The van der Waals surface area contributed by atoms with Gasteiger partial charge in [-0.15, -0.1) is 11.3 Å². The minimum Gasteiger partial charge on any atom is -0.353 e. The number of carbonyl (C=O) groups excluding carboxylic acids is 1. The van der Waals surface area contributed by atoms with Crippen molar-refractivity contribution in [2.75, 3.05) is 5.32 Å². The van der Waals surface area contributed by atoms with Crippen molar-refractivity contribution in [3.8, 4) is 0 Å². The molecule has 0 saturated heterocycles. The third-order valence-electron chi connectivity index (χ3n) is 4.73. The van der Waals surface area contributed by atoms with Crippen LogP contribution in [0.15, 0.2) is 24.3 Å². The Balaban J connectivity index is 1.64. The van der Waals surface area contributed by atoms with Crippen molar-refractivity contribution in [3.63, 3.8) is 0 Å². The molecule has 6 nitrogen and oxygen atoms in total. The number of anilines is 1. The second kappa shape index (κ2) is 5.59. The molecule has 0 saturated carbocycles. The van der Waals surface area contributed by atoms with E-state index in [-0.39, 0.29) is 17.8 Å². The fraction of sp³-hybridized carbons (Fsp3) is 0.353. The van der Waals surface area contributed by atoms with Gasteiger partial charge in [-0.05, 0) is 48.4 Å². The molecule has 4 rings (SSSR count). The summed E-state index contributed by atoms with van der Waals surface area (Å²) in [5.74, 6) is 0.602. The number of nitro benzene ring substituents is 1. The zero-order valence-electron chi connectivity index (χ0n) is 13.2. The van der Waals surface area contributed by atoms with Crippen LogP contribution in [0.1, 0.15) is 45.9 Å². The molecule has 2 atom stereocenters. The summed E-state index contributed by atoms with van der Waals surface area (Å²) in [7, 11) is 0. The van der Waals surface area contributed by atoms with Crippen molar-refractivity contribution < 1.29 is 9.72 Å². The van der Waals surface area contributed by atoms with Crippen LogP contribution in [-0.2, 0) is 12.8 Å². The molecule has 0 radical (unpaired) electrons. The molecule has 2 aromatic rings. The fourth-order valence-electron chi connectivity index (χ4n) is 3.42. The molecular weight excluding hydrogens is 326 g/mol. The van der Waals surface area contributed by atoms with Crippen LogP contribution in [0.3, 0.4) is 0 Å². The second-order valence-corrected chi connectivity index (χ2v) is 7.56. The zero-order valence-corrected chi connectivity index (χ0v) is 14.0. The molecule has 1 aliphatic carbocycles. The normalized spacial score (nSPS) is 22.1. The standard InChI is InChI=1S/C17H17N3O3S/c1-9-2-7-12-13(8-9)24-17-14(12)16(21)18-15(19-17)10-3-5-11(6-4-10)20(22)23/h3-6,9,15,19H,2,7-8H2,1H3,(H,18,21)/t9-,15+/m0/s1. The molecule has 0 unspecified atom stereocenters.